The summed E-state index contributed by atoms with van der Waals surface area (Å²) in [4.78, 5) is 170. The number of aliphatic carboxylic acids is 3. The van der Waals surface area contributed by atoms with E-state index in [0.29, 0.717) is 33.2 Å². The maximum Gasteiger partial charge on any atom is 0.325 e. The van der Waals surface area contributed by atoms with E-state index in [-0.39, 0.29) is 50.4 Å². The summed E-state index contributed by atoms with van der Waals surface area (Å²) in [6.45, 7) is 7.24. The van der Waals surface area contributed by atoms with Gasteiger partial charge in [0, 0.05) is 59.9 Å². The number of fused-ring (bicyclic) bond motifs is 2. The Hall–Kier alpha value is -10.5. The Morgan fingerprint density at radius 3 is 1.09 bits per heavy atom. The first-order valence-corrected chi connectivity index (χ1v) is 30.6. The number of H-pyrrole nitrogens is 2. The topological polar surface area (TPSA) is 452 Å². The molecule has 0 saturated carbocycles. The molecule has 0 bridgehead atoms. The highest BCUT2D eigenvalue weighted by molar-refractivity contribution is 6.00. The van der Waals surface area contributed by atoms with Crippen molar-refractivity contribution in [3.63, 3.8) is 0 Å². The first-order valence-electron chi connectivity index (χ1n) is 30.6. The van der Waals surface area contributed by atoms with Gasteiger partial charge in [-0.15, -0.1) is 0 Å². The summed E-state index contributed by atoms with van der Waals surface area (Å²) in [5.74, 6) is -13.7. The van der Waals surface area contributed by atoms with E-state index >= 15 is 4.79 Å². The lowest BCUT2D eigenvalue weighted by atomic mass is 9.99. The molecule has 0 aliphatic heterocycles. The first kappa shape index (κ1) is 72.6. The van der Waals surface area contributed by atoms with E-state index in [0.717, 1.165) is 10.9 Å². The number of rotatable bonds is 36. The van der Waals surface area contributed by atoms with Crippen LogP contribution in [-0.4, -0.2) is 168 Å². The normalized spacial score (nSPS) is 14.5. The summed E-state index contributed by atoms with van der Waals surface area (Å²) in [7, 11) is 0. The fourth-order valence-electron chi connectivity index (χ4n) is 10.4. The van der Waals surface area contributed by atoms with Crippen molar-refractivity contribution in [2.75, 3.05) is 6.61 Å². The zero-order valence-electron chi connectivity index (χ0n) is 52.6. The van der Waals surface area contributed by atoms with Crippen LogP contribution in [0, 0.1) is 11.8 Å². The summed E-state index contributed by atoms with van der Waals surface area (Å²) < 4.78 is 0. The second-order valence-corrected chi connectivity index (χ2v) is 23.8. The summed E-state index contributed by atoms with van der Waals surface area (Å²) >= 11 is 0. The number of amides is 9. The molecule has 0 fully saturated rings. The Balaban J connectivity index is 1.28. The van der Waals surface area contributed by atoms with Crippen molar-refractivity contribution in [3.8, 4) is 0 Å². The van der Waals surface area contributed by atoms with Crippen molar-refractivity contribution in [1.29, 1.82) is 0 Å². The highest BCUT2D eigenvalue weighted by atomic mass is 16.4. The molecule has 9 amide bonds. The van der Waals surface area contributed by atoms with E-state index in [1.165, 1.54) is 6.92 Å². The van der Waals surface area contributed by atoms with Crippen molar-refractivity contribution in [2.45, 2.75) is 146 Å². The fraction of sp³-hybridized carbons (Fsp3) is 0.394. The number of hydrogen-bond acceptors (Lipinski definition) is 14. The van der Waals surface area contributed by atoms with E-state index in [1.807, 2.05) is 6.07 Å². The molecule has 17 N–H and O–H groups in total. The lowest BCUT2D eigenvalue weighted by Crippen LogP contribution is -2.61. The lowest BCUT2D eigenvalue weighted by Gasteiger charge is -2.29. The van der Waals surface area contributed by atoms with Crippen molar-refractivity contribution in [1.82, 2.24) is 57.8 Å². The monoisotopic (exact) mass is 1300 g/mol. The van der Waals surface area contributed by atoms with Crippen LogP contribution in [0.25, 0.3) is 21.8 Å². The van der Waals surface area contributed by atoms with E-state index in [2.05, 4.69) is 57.8 Å². The largest absolute Gasteiger partial charge is 0.481 e. The van der Waals surface area contributed by atoms with Gasteiger partial charge in [-0.25, -0.2) is 0 Å². The maximum absolute atomic E-state index is 15.0. The van der Waals surface area contributed by atoms with Gasteiger partial charge in [0.2, 0.25) is 53.2 Å². The predicted octanol–water partition coefficient (Wildman–Crippen LogP) is 0.749. The van der Waals surface area contributed by atoms with Crippen molar-refractivity contribution >= 4 is 92.9 Å². The van der Waals surface area contributed by atoms with Gasteiger partial charge in [-0.05, 0) is 66.0 Å². The third kappa shape index (κ3) is 21.9. The third-order valence-electron chi connectivity index (χ3n) is 15.3. The van der Waals surface area contributed by atoms with Crippen LogP contribution in [0.15, 0.2) is 122 Å². The number of carboxylic acid groups (broad SMARTS) is 3. The van der Waals surface area contributed by atoms with Crippen LogP contribution in [0.5, 0.6) is 0 Å². The average Bonchev–Trinajstić information content (AvgIpc) is 1.62. The first-order chi connectivity index (χ1) is 44.7. The van der Waals surface area contributed by atoms with Gasteiger partial charge in [0.15, 0.2) is 0 Å². The fourth-order valence-corrected chi connectivity index (χ4v) is 10.4. The minimum absolute atomic E-state index is 0.0241. The molecule has 10 atom stereocenters. The molecule has 4 aromatic carbocycles. The quantitative estimate of drug-likeness (QED) is 0.0258. The predicted molar refractivity (Wildman–Crippen MR) is 343 cm³/mol. The molecule has 28 nitrogen and oxygen atoms in total. The summed E-state index contributed by atoms with van der Waals surface area (Å²) in [5, 5.41) is 63.4. The zero-order valence-corrected chi connectivity index (χ0v) is 52.6. The third-order valence-corrected chi connectivity index (χ3v) is 15.3. The van der Waals surface area contributed by atoms with E-state index in [4.69, 9.17) is 10.8 Å². The van der Waals surface area contributed by atoms with Crippen LogP contribution >= 0.6 is 0 Å². The molecule has 28 heteroatoms. The van der Waals surface area contributed by atoms with Gasteiger partial charge in [0.05, 0.1) is 25.5 Å². The standard InChI is InChI=1S/C66H82N12O16/c1-35(2)24-47(71-59(86)48(25-36(3)4)72-65(92)54(34-79)78-57(84)44(67)30-55(80)81)60(87)73-50(27-39-18-10-7-11-19-39)62(89)77-53(31-56(82)83)64(91)74-49(26-38-16-8-6-9-17-38)61(88)76-52(29-41-33-69-46-23-15-13-21-43(41)46)63(90)75-51(58(85)70-37(5)66(93)94)28-40-32-68-45-22-14-12-20-42(40)45/h6-23,32-33,35-37,44,47-54,68-69,79H,24-31,34,67H2,1-5H3,(H,70,85)(H,71,86)(H,72,92)(H,73,87)(H,74,91)(H,75,90)(H,76,88)(H,77,89)(H,78,84)(H,80,81)(H,82,83)(H,93,94)/t37-,44-,47-,48-,49-,50-,51-,52-,53-,54-/m0/s1. The Labute approximate surface area is 541 Å². The molecule has 2 heterocycles. The molecule has 0 radical (unpaired) electrons. The Kier molecular flexibility index (Phi) is 26.9. The van der Waals surface area contributed by atoms with Crippen LogP contribution in [-0.2, 0) is 83.2 Å². The molecule has 6 aromatic rings. The number of aliphatic hydroxyl groups excluding tert-OH is 1. The van der Waals surface area contributed by atoms with Crippen LogP contribution in [0.2, 0.25) is 0 Å². The van der Waals surface area contributed by atoms with Gasteiger partial charge in [0.1, 0.15) is 54.4 Å². The van der Waals surface area contributed by atoms with Gasteiger partial charge in [0.25, 0.3) is 0 Å². The number of nitrogens with one attached hydrogen (secondary N) is 11. The number of carbonyl (C=O) groups is 12. The number of nitrogens with two attached hydrogens (primary N) is 1. The molecule has 94 heavy (non-hydrogen) atoms. The molecular weight excluding hydrogens is 1220 g/mol. The summed E-state index contributed by atoms with van der Waals surface area (Å²) in [6, 6.07) is 15.5. The lowest BCUT2D eigenvalue weighted by molar-refractivity contribution is -0.142. The molecule has 0 saturated heterocycles. The van der Waals surface area contributed by atoms with Gasteiger partial charge in [-0.2, -0.15) is 0 Å². The van der Waals surface area contributed by atoms with E-state index in [9.17, 15) is 68.1 Å². The number of aromatic amines is 2. The van der Waals surface area contributed by atoms with Crippen LogP contribution in [0.1, 0.15) is 82.6 Å². The van der Waals surface area contributed by atoms with Crippen molar-refractivity contribution in [3.05, 3.63) is 144 Å². The summed E-state index contributed by atoms with van der Waals surface area (Å²) in [5.41, 5.74) is 9.19. The van der Waals surface area contributed by atoms with Gasteiger partial charge >= 0.3 is 17.9 Å². The minimum atomic E-state index is -1.94. The van der Waals surface area contributed by atoms with Gasteiger partial charge in [-0.1, -0.05) is 125 Å². The zero-order chi connectivity index (χ0) is 68.8. The number of hydrogen-bond donors (Lipinski definition) is 16. The smallest absolute Gasteiger partial charge is 0.325 e. The molecule has 0 unspecified atom stereocenters. The summed E-state index contributed by atoms with van der Waals surface area (Å²) in [6.07, 6.45) is 0.541. The van der Waals surface area contributed by atoms with Gasteiger partial charge in [-0.3, -0.25) is 57.5 Å². The number of carbonyl (C=O) groups excluding carboxylic acids is 9. The molecule has 0 aliphatic carbocycles. The molecule has 6 rings (SSSR count). The van der Waals surface area contributed by atoms with Gasteiger partial charge < -0.3 is 84.0 Å². The van der Waals surface area contributed by atoms with Crippen LogP contribution in [0.3, 0.4) is 0 Å². The highest BCUT2D eigenvalue weighted by Crippen LogP contribution is 2.22. The molecule has 2 aromatic heterocycles. The molecule has 0 spiro atoms. The number of para-hydroxylation sites is 2. The van der Waals surface area contributed by atoms with Crippen molar-refractivity contribution < 1.29 is 78.0 Å². The molecule has 0 aliphatic rings. The number of carboxylic acids is 3. The Morgan fingerprint density at radius 1 is 0.383 bits per heavy atom. The minimum Gasteiger partial charge on any atom is -0.481 e. The molecular formula is C66H82N12O16. The number of benzene rings is 4. The van der Waals surface area contributed by atoms with Crippen LogP contribution < -0.4 is 53.6 Å². The van der Waals surface area contributed by atoms with Crippen molar-refractivity contribution in [2.24, 2.45) is 17.6 Å². The Morgan fingerprint density at radius 2 is 0.702 bits per heavy atom. The van der Waals surface area contributed by atoms with E-state index < -0.39 is 151 Å². The number of aliphatic hydroxyl groups is 1. The SMILES string of the molecule is CC(C)C[C@H](NC(=O)[C@H](CC(C)C)NC(=O)[C@H](CO)NC(=O)[C@@H](N)CC(=O)O)C(=O)N[C@@H](Cc1ccccc1)C(=O)N[C@@H](CC(=O)O)C(=O)N[C@@H](Cc1ccccc1)C(=O)N[C@@H](Cc1c[nH]c2ccccc12)C(=O)N[C@@H](Cc1c[nH]c2ccccc12)C(=O)N[C@@H](C)C(=O)O. The molecule has 502 valence electrons. The highest BCUT2D eigenvalue weighted by Gasteiger charge is 2.37. The van der Waals surface area contributed by atoms with Crippen LogP contribution in [0.4, 0.5) is 0 Å². The second-order valence-electron chi connectivity index (χ2n) is 23.8. The maximum atomic E-state index is 15.0. The Bertz CT molecular complexity index is 3650. The average molecular weight is 1300 g/mol. The van der Waals surface area contributed by atoms with E-state index in [1.54, 1.807) is 143 Å². The number of aromatic nitrogens is 2. The second kappa shape index (κ2) is 34.8.